The number of nitrogens with two attached hydrogens (primary N) is 2. The van der Waals surface area contributed by atoms with Crippen LogP contribution in [-0.2, 0) is 9.59 Å². The molecule has 0 saturated heterocycles. The minimum atomic E-state index is -0.993. The third-order valence-corrected chi connectivity index (χ3v) is 1.83. The molecule has 0 heterocycles. The fraction of sp³-hybridized carbons (Fsp3) is 0.700. The molecule has 1 unspecified atom stereocenters. The summed E-state index contributed by atoms with van der Waals surface area (Å²) in [5.41, 5.74) is 10.1. The molecular weight excluding hydrogens is 279 g/mol. The number of carboxylic acid groups (broad SMARTS) is 2. The Bertz CT molecular complexity index is 307. The summed E-state index contributed by atoms with van der Waals surface area (Å²) in [5, 5.41) is 23.2. The number of carbonyl (C=O) groups is 2. The molecule has 0 aliphatic rings. The van der Waals surface area contributed by atoms with Gasteiger partial charge in [0.05, 0.1) is 0 Å². The van der Waals surface area contributed by atoms with Crippen LogP contribution in [0.2, 0.25) is 0 Å². The third-order valence-electron chi connectivity index (χ3n) is 1.83. The van der Waals surface area contributed by atoms with E-state index in [1.807, 2.05) is 13.8 Å². The minimum absolute atomic E-state index is 0. The fourth-order valence-electron chi connectivity index (χ4n) is 0.897. The van der Waals surface area contributed by atoms with Gasteiger partial charge in [-0.05, 0) is 12.3 Å². The maximum Gasteiger partial charge on any atom is 1.00 e. The summed E-state index contributed by atoms with van der Waals surface area (Å²) in [6, 6.07) is -0.690. The van der Waals surface area contributed by atoms with Crippen molar-refractivity contribution in [2.75, 3.05) is 13.6 Å². The Hall–Kier alpha value is -0.870. The summed E-state index contributed by atoms with van der Waals surface area (Å²) >= 11 is 0. The van der Waals surface area contributed by atoms with E-state index in [2.05, 4.69) is 0 Å². The van der Waals surface area contributed by atoms with Crippen LogP contribution < -0.4 is 41.0 Å². The largest absolute Gasteiger partial charge is 1.00 e. The molecule has 10 heteroatoms. The first-order chi connectivity index (χ1) is 8.07. The Morgan fingerprint density at radius 1 is 1.35 bits per heavy atom. The van der Waals surface area contributed by atoms with Gasteiger partial charge in [-0.15, -0.1) is 0 Å². The fourth-order valence-corrected chi connectivity index (χ4v) is 0.897. The average molecular weight is 304 g/mol. The smallest absolute Gasteiger partial charge is 1.00 e. The molecule has 9 nitrogen and oxygen atoms in total. The van der Waals surface area contributed by atoms with Crippen LogP contribution in [0.25, 0.3) is 0 Å². The van der Waals surface area contributed by atoms with E-state index in [9.17, 15) is 9.59 Å². The van der Waals surface area contributed by atoms with Crippen LogP contribution in [0.15, 0.2) is 0 Å². The van der Waals surface area contributed by atoms with Gasteiger partial charge in [-0.25, -0.2) is 0 Å². The van der Waals surface area contributed by atoms with Crippen LogP contribution in [0.3, 0.4) is 0 Å². The number of hydrogen-bond acceptors (Lipinski definition) is 4. The molecule has 0 radical (unpaired) electrons. The van der Waals surface area contributed by atoms with E-state index in [0.717, 1.165) is 4.90 Å². The Morgan fingerprint density at radius 2 is 1.75 bits per heavy atom. The maximum absolute atomic E-state index is 10.1. The second-order valence-electron chi connectivity index (χ2n) is 4.21. The van der Waals surface area contributed by atoms with Crippen molar-refractivity contribution < 1.29 is 56.3 Å². The molecule has 9 N–H and O–H groups in total. The number of rotatable bonds is 5. The molecule has 0 rings (SSSR count). The van der Waals surface area contributed by atoms with Crippen LogP contribution in [-0.4, -0.2) is 58.1 Å². The Labute approximate surface area is 141 Å². The third kappa shape index (κ3) is 19.5. The molecule has 0 aromatic heterocycles. The molecule has 0 spiro atoms. The van der Waals surface area contributed by atoms with E-state index in [0.29, 0.717) is 12.3 Å². The van der Waals surface area contributed by atoms with Crippen molar-refractivity contribution in [3.63, 3.8) is 0 Å². The normalized spacial score (nSPS) is 10.1. The summed E-state index contributed by atoms with van der Waals surface area (Å²) in [6.45, 7) is 3.67. The zero-order chi connectivity index (χ0) is 14.9. The van der Waals surface area contributed by atoms with Crippen LogP contribution in [0.4, 0.5) is 0 Å². The van der Waals surface area contributed by atoms with Gasteiger partial charge >= 0.3 is 41.5 Å². The predicted molar refractivity (Wildman–Crippen MR) is 72.0 cm³/mol. The summed E-state index contributed by atoms with van der Waals surface area (Å²) in [4.78, 5) is 21.2. The summed E-state index contributed by atoms with van der Waals surface area (Å²) in [7, 11) is 1.44. The van der Waals surface area contributed by atoms with Gasteiger partial charge in [0.2, 0.25) is 0 Å². The molecule has 0 amide bonds. The van der Waals surface area contributed by atoms with Gasteiger partial charge in [-0.2, -0.15) is 0 Å². The molecule has 0 saturated carbocycles. The van der Waals surface area contributed by atoms with Crippen LogP contribution in [0.1, 0.15) is 21.7 Å². The maximum atomic E-state index is 10.1. The summed E-state index contributed by atoms with van der Waals surface area (Å²) in [5.74, 6) is -1.79. The van der Waals surface area contributed by atoms with Gasteiger partial charge in [0, 0.05) is 7.05 Å². The molecule has 0 fully saturated rings. The second-order valence-corrected chi connectivity index (χ2v) is 4.21. The monoisotopic (exact) mass is 304 g/mol. The molecule has 116 valence electrons. The molecule has 0 bridgehead atoms. The minimum Gasteiger partial charge on any atom is -1.00 e. The number of carboxylic acids is 2. The standard InChI is InChI=1S/C6H13NO2.C4H9N3O2.Na.H2O.H/c1-4(2)3-5(7)6(8)9;1-7(4(5)6)2-3(8)9;;;/h4-5H,3,7H2,1-2H3,(H,8,9);2H2,1H3,(H3,5,6)(H,8,9);;1H2;/q;;+1;;-1. The molecule has 20 heavy (non-hydrogen) atoms. The first-order valence-electron chi connectivity index (χ1n) is 5.33. The van der Waals surface area contributed by atoms with E-state index < -0.39 is 18.0 Å². The molecule has 0 aliphatic heterocycles. The van der Waals surface area contributed by atoms with Crippen molar-refractivity contribution in [1.29, 1.82) is 5.41 Å². The molecule has 0 aromatic carbocycles. The van der Waals surface area contributed by atoms with Gasteiger partial charge in [0.1, 0.15) is 12.6 Å². The molecule has 1 atom stereocenters. The Kier molecular flexibility index (Phi) is 20.0. The molecule has 0 aromatic rings. The van der Waals surface area contributed by atoms with Gasteiger partial charge in [-0.3, -0.25) is 15.0 Å². The van der Waals surface area contributed by atoms with Crippen LogP contribution in [0, 0.1) is 11.3 Å². The second kappa shape index (κ2) is 14.5. The zero-order valence-corrected chi connectivity index (χ0v) is 14.4. The predicted octanol–water partition coefficient (Wildman–Crippen LogP) is -4.37. The topological polar surface area (TPSA) is 185 Å². The van der Waals surface area contributed by atoms with Gasteiger partial charge in [0.25, 0.3) is 0 Å². The quantitative estimate of drug-likeness (QED) is 0.193. The van der Waals surface area contributed by atoms with E-state index in [1.54, 1.807) is 0 Å². The zero-order valence-electron chi connectivity index (χ0n) is 13.4. The number of likely N-dealkylation sites (N-methyl/N-ethyl adjacent to an activating group) is 1. The van der Waals surface area contributed by atoms with Gasteiger partial charge in [0.15, 0.2) is 5.96 Å². The number of hydrogen-bond donors (Lipinski definition) is 5. The number of aliphatic carboxylic acids is 2. The van der Waals surface area contributed by atoms with Crippen molar-refractivity contribution in [2.45, 2.75) is 26.3 Å². The first-order valence-corrected chi connectivity index (χ1v) is 5.33. The summed E-state index contributed by atoms with van der Waals surface area (Å²) in [6.07, 6.45) is 0.551. The van der Waals surface area contributed by atoms with Gasteiger partial charge < -0.3 is 33.5 Å². The van der Waals surface area contributed by atoms with Crippen molar-refractivity contribution in [1.82, 2.24) is 4.90 Å². The van der Waals surface area contributed by atoms with Crippen molar-refractivity contribution in [2.24, 2.45) is 17.4 Å². The Balaban J connectivity index is -0.0000000711. The van der Waals surface area contributed by atoms with Gasteiger partial charge in [-0.1, -0.05) is 13.8 Å². The van der Waals surface area contributed by atoms with Crippen molar-refractivity contribution in [3.05, 3.63) is 0 Å². The number of nitrogens with zero attached hydrogens (tertiary/aromatic N) is 1. The summed E-state index contributed by atoms with van der Waals surface area (Å²) < 4.78 is 0. The van der Waals surface area contributed by atoms with Crippen molar-refractivity contribution >= 4 is 17.9 Å². The molecule has 0 aliphatic carbocycles. The van der Waals surface area contributed by atoms with Crippen LogP contribution >= 0.6 is 0 Å². The SMILES string of the molecule is CC(C)CC(N)C(=O)O.CN(CC(=O)O)C(=N)N.O.[H-].[Na+]. The molecular formula is C10H25N4NaO5. The Morgan fingerprint density at radius 3 is 1.85 bits per heavy atom. The first kappa shape index (κ1) is 27.5. The van der Waals surface area contributed by atoms with E-state index in [4.69, 9.17) is 27.1 Å². The van der Waals surface area contributed by atoms with Crippen molar-refractivity contribution in [3.8, 4) is 0 Å². The average Bonchev–Trinajstić information content (AvgIpc) is 2.16. The van der Waals surface area contributed by atoms with E-state index in [1.165, 1.54) is 7.05 Å². The van der Waals surface area contributed by atoms with E-state index in [-0.39, 0.29) is 49.0 Å². The number of guanidine groups is 1. The van der Waals surface area contributed by atoms with Crippen LogP contribution in [0.5, 0.6) is 0 Å². The number of nitrogens with one attached hydrogen (secondary N) is 1. The van der Waals surface area contributed by atoms with E-state index >= 15 is 0 Å².